The Balaban J connectivity index is 3.02. The van der Waals surface area contributed by atoms with Gasteiger partial charge < -0.3 is 57.2 Å². The van der Waals surface area contributed by atoms with E-state index < -0.39 is 5.97 Å². The maximum Gasteiger partial charge on any atom is 0.305 e. The molecule has 0 aliphatic heterocycles. The van der Waals surface area contributed by atoms with Crippen molar-refractivity contribution < 1.29 is 62.0 Å². The molecule has 0 saturated carbocycles. The van der Waals surface area contributed by atoms with Crippen LogP contribution >= 0.6 is 0 Å². The van der Waals surface area contributed by atoms with E-state index in [1.165, 1.54) is 0 Å². The predicted molar refractivity (Wildman–Crippen MR) is 137 cm³/mol. The molecule has 0 unspecified atom stereocenters. The van der Waals surface area contributed by atoms with E-state index in [-0.39, 0.29) is 13.0 Å². The summed E-state index contributed by atoms with van der Waals surface area (Å²) < 4.78 is 58.9. The molecule has 0 spiro atoms. The van der Waals surface area contributed by atoms with Gasteiger partial charge in [-0.25, -0.2) is 0 Å². The summed E-state index contributed by atoms with van der Waals surface area (Å²) in [6, 6.07) is 0. The molecule has 0 amide bonds. The first-order chi connectivity index (χ1) is 18.8. The first-order valence-electron chi connectivity index (χ1n) is 13.3. The van der Waals surface area contributed by atoms with E-state index in [1.807, 2.05) is 6.92 Å². The Morgan fingerprint density at radius 3 is 0.737 bits per heavy atom. The molecule has 0 bridgehead atoms. The minimum Gasteiger partial charge on any atom is -0.481 e. The number of carbonyl (C=O) groups is 1. The summed E-state index contributed by atoms with van der Waals surface area (Å²) in [6.07, 6.45) is 0.000585. The lowest BCUT2D eigenvalue weighted by atomic mass is 10.5. The maximum absolute atomic E-state index is 10.3. The van der Waals surface area contributed by atoms with E-state index in [9.17, 15) is 4.79 Å². The zero-order valence-electron chi connectivity index (χ0n) is 23.1. The van der Waals surface area contributed by atoms with Crippen molar-refractivity contribution in [2.24, 2.45) is 0 Å². The molecule has 0 aliphatic rings. The van der Waals surface area contributed by atoms with Crippen molar-refractivity contribution in [2.45, 2.75) is 13.3 Å². The molecule has 228 valence electrons. The summed E-state index contributed by atoms with van der Waals surface area (Å²) >= 11 is 0. The second-order valence-corrected chi connectivity index (χ2v) is 7.46. The Labute approximate surface area is 227 Å². The molecule has 13 heteroatoms. The first-order valence-corrected chi connectivity index (χ1v) is 13.3. The Kier molecular flexibility index (Phi) is 33.2. The number of carboxylic acid groups (broad SMARTS) is 1. The van der Waals surface area contributed by atoms with Gasteiger partial charge in [-0.2, -0.15) is 0 Å². The van der Waals surface area contributed by atoms with Crippen LogP contribution < -0.4 is 0 Å². The third-order valence-corrected chi connectivity index (χ3v) is 4.38. The van der Waals surface area contributed by atoms with E-state index in [0.717, 1.165) is 0 Å². The highest BCUT2D eigenvalue weighted by molar-refractivity contribution is 5.66. The molecule has 0 aromatic rings. The Bertz CT molecular complexity index is 457. The van der Waals surface area contributed by atoms with Crippen LogP contribution in [0.4, 0.5) is 0 Å². The molecule has 1 N–H and O–H groups in total. The van der Waals surface area contributed by atoms with Gasteiger partial charge >= 0.3 is 5.97 Å². The summed E-state index contributed by atoms with van der Waals surface area (Å²) in [6.45, 7) is 12.9. The molecule has 0 rings (SSSR count). The number of carboxylic acids is 1. The van der Waals surface area contributed by atoms with Crippen LogP contribution in [0.1, 0.15) is 13.3 Å². The zero-order valence-corrected chi connectivity index (χ0v) is 23.1. The van der Waals surface area contributed by atoms with Gasteiger partial charge in [0.1, 0.15) is 0 Å². The summed E-state index contributed by atoms with van der Waals surface area (Å²) in [4.78, 5) is 10.3. The quantitative estimate of drug-likeness (QED) is 0.111. The fourth-order valence-corrected chi connectivity index (χ4v) is 2.50. The van der Waals surface area contributed by atoms with Gasteiger partial charge in [-0.15, -0.1) is 0 Å². The molecule has 0 fully saturated rings. The lowest BCUT2D eigenvalue weighted by Gasteiger charge is -2.09. The number of hydrogen-bond donors (Lipinski definition) is 1. The van der Waals surface area contributed by atoms with Crippen molar-refractivity contribution in [3.05, 3.63) is 0 Å². The van der Waals surface area contributed by atoms with Crippen molar-refractivity contribution in [1.82, 2.24) is 0 Å². The fourth-order valence-electron chi connectivity index (χ4n) is 2.50. The lowest BCUT2D eigenvalue weighted by molar-refractivity contribution is -0.138. The maximum atomic E-state index is 10.3. The molecule has 0 heterocycles. The van der Waals surface area contributed by atoms with Crippen molar-refractivity contribution in [1.29, 1.82) is 0 Å². The lowest BCUT2D eigenvalue weighted by Crippen LogP contribution is -2.15. The average Bonchev–Trinajstić information content (AvgIpc) is 2.91. The molecule has 0 aromatic heterocycles. The van der Waals surface area contributed by atoms with Crippen LogP contribution in [0, 0.1) is 0 Å². The highest BCUT2D eigenvalue weighted by Gasteiger charge is 1.97. The SMILES string of the molecule is CCOCCOCCOCCOCCOCCOCCOCCOCCOCCOCCOCCC(=O)O. The van der Waals surface area contributed by atoms with Crippen LogP contribution in [0.25, 0.3) is 0 Å². The largest absolute Gasteiger partial charge is 0.481 e. The van der Waals surface area contributed by atoms with E-state index in [2.05, 4.69) is 0 Å². The minimum atomic E-state index is -0.872. The van der Waals surface area contributed by atoms with Crippen molar-refractivity contribution in [3.8, 4) is 0 Å². The van der Waals surface area contributed by atoms with Crippen LogP contribution in [-0.4, -0.2) is 156 Å². The van der Waals surface area contributed by atoms with E-state index >= 15 is 0 Å². The zero-order chi connectivity index (χ0) is 27.6. The van der Waals surface area contributed by atoms with Crippen LogP contribution in [-0.2, 0) is 56.9 Å². The summed E-state index contributed by atoms with van der Waals surface area (Å²) in [7, 11) is 0. The van der Waals surface area contributed by atoms with Gasteiger partial charge in [0.05, 0.1) is 145 Å². The van der Waals surface area contributed by atoms with Crippen molar-refractivity contribution in [3.63, 3.8) is 0 Å². The van der Waals surface area contributed by atoms with Gasteiger partial charge in [0.15, 0.2) is 0 Å². The summed E-state index contributed by atoms with van der Waals surface area (Å²) in [5, 5.41) is 8.47. The summed E-state index contributed by atoms with van der Waals surface area (Å²) in [5.74, 6) is -0.872. The summed E-state index contributed by atoms with van der Waals surface area (Å²) in [5.41, 5.74) is 0. The van der Waals surface area contributed by atoms with Gasteiger partial charge in [-0.1, -0.05) is 0 Å². The monoisotopic (exact) mass is 558 g/mol. The normalized spacial score (nSPS) is 11.4. The van der Waals surface area contributed by atoms with Gasteiger partial charge in [0.2, 0.25) is 0 Å². The number of ether oxygens (including phenoxy) is 11. The Morgan fingerprint density at radius 1 is 0.368 bits per heavy atom. The number of rotatable bonds is 34. The smallest absolute Gasteiger partial charge is 0.305 e. The van der Waals surface area contributed by atoms with Crippen molar-refractivity contribution >= 4 is 5.97 Å². The van der Waals surface area contributed by atoms with E-state index in [1.54, 1.807) is 0 Å². The molecule has 0 aromatic carbocycles. The average molecular weight is 559 g/mol. The van der Waals surface area contributed by atoms with E-state index in [4.69, 9.17) is 57.2 Å². The van der Waals surface area contributed by atoms with E-state index in [0.29, 0.717) is 139 Å². The molecule has 0 aliphatic carbocycles. The Hall–Kier alpha value is -0.970. The second kappa shape index (κ2) is 34.1. The third-order valence-electron chi connectivity index (χ3n) is 4.38. The molecule has 0 radical (unpaired) electrons. The first kappa shape index (κ1) is 37.0. The van der Waals surface area contributed by atoms with Crippen LogP contribution in [0.5, 0.6) is 0 Å². The van der Waals surface area contributed by atoms with Gasteiger partial charge in [0.25, 0.3) is 0 Å². The topological polar surface area (TPSA) is 139 Å². The van der Waals surface area contributed by atoms with Crippen LogP contribution in [0.2, 0.25) is 0 Å². The fraction of sp³-hybridized carbons (Fsp3) is 0.960. The highest BCUT2D eigenvalue weighted by atomic mass is 16.6. The van der Waals surface area contributed by atoms with Crippen LogP contribution in [0.15, 0.2) is 0 Å². The number of hydrogen-bond acceptors (Lipinski definition) is 12. The molecule has 13 nitrogen and oxygen atoms in total. The van der Waals surface area contributed by atoms with Crippen LogP contribution in [0.3, 0.4) is 0 Å². The molecular formula is C25H50O13. The van der Waals surface area contributed by atoms with Gasteiger partial charge in [0, 0.05) is 6.61 Å². The molecular weight excluding hydrogens is 508 g/mol. The standard InChI is InChI=1S/C25H50O13/c1-2-28-5-6-30-9-10-32-13-14-34-17-18-36-21-22-38-24-23-37-20-19-35-16-15-33-12-11-31-8-7-29-4-3-25(26)27/h2-24H2,1H3,(H,26,27). The molecule has 0 saturated heterocycles. The second-order valence-electron chi connectivity index (χ2n) is 7.46. The minimum absolute atomic E-state index is 0.000585. The molecule has 38 heavy (non-hydrogen) atoms. The third kappa shape index (κ3) is 35.0. The number of aliphatic carboxylic acids is 1. The van der Waals surface area contributed by atoms with Crippen molar-refractivity contribution in [2.75, 3.05) is 145 Å². The van der Waals surface area contributed by atoms with Gasteiger partial charge in [-0.3, -0.25) is 4.79 Å². The Morgan fingerprint density at radius 2 is 0.553 bits per heavy atom. The predicted octanol–water partition coefficient (Wildman–Crippen LogP) is 0.664. The van der Waals surface area contributed by atoms with Gasteiger partial charge in [-0.05, 0) is 6.92 Å². The molecule has 0 atom stereocenters. The highest BCUT2D eigenvalue weighted by Crippen LogP contribution is 1.87.